The Hall–Kier alpha value is -5.48. The summed E-state index contributed by atoms with van der Waals surface area (Å²) in [6.07, 6.45) is 17.7. The van der Waals surface area contributed by atoms with Gasteiger partial charge in [0.2, 0.25) is 0 Å². The van der Waals surface area contributed by atoms with Gasteiger partial charge in [-0.3, -0.25) is 42.7 Å². The molecule has 2 spiro atoms. The van der Waals surface area contributed by atoms with Crippen molar-refractivity contribution in [3.63, 3.8) is 0 Å². The SMILES string of the molecule is CC1(C)CCCCC12NC(=O)c1c(Cl)cc(Br)c(=O)n12.CC1(C)CCCCC12NC(=O)c1c(Cl)cc(Nc3ccncn3)c(=O)n12.CC1(C)CCCCC1=O.NC(=O)c1[nH]c(=O)c(Br)cc1Cl.Nc1ccncn1. The minimum absolute atomic E-state index is 0.00174. The Morgan fingerprint density at radius 2 is 1.16 bits per heavy atom. The number of nitrogen functional groups attached to an aromatic ring is 1. The quantitative estimate of drug-likeness (QED) is 0.0983. The van der Waals surface area contributed by atoms with Crippen LogP contribution in [0.15, 0.2) is 78.7 Å². The summed E-state index contributed by atoms with van der Waals surface area (Å²) in [5.74, 6) is 0.140. The van der Waals surface area contributed by atoms with Gasteiger partial charge in [0, 0.05) is 35.1 Å². The number of Topliss-reactive ketones (excluding diaryl/α,β-unsaturated/α-hetero) is 1. The number of fused-ring (bicyclic) bond motifs is 4. The number of carbonyl (C=O) groups excluding carboxylic acids is 4. The minimum Gasteiger partial charge on any atom is -0.384 e. The Labute approximate surface area is 459 Å². The van der Waals surface area contributed by atoms with Gasteiger partial charge in [-0.1, -0.05) is 95.6 Å². The molecule has 24 heteroatoms. The molecule has 74 heavy (non-hydrogen) atoms. The van der Waals surface area contributed by atoms with Crippen molar-refractivity contribution in [2.45, 2.75) is 130 Å². The van der Waals surface area contributed by atoms with Gasteiger partial charge in [0.05, 0.1) is 24.0 Å². The van der Waals surface area contributed by atoms with Gasteiger partial charge in [-0.2, -0.15) is 0 Å². The Bertz CT molecular complexity index is 3140. The van der Waals surface area contributed by atoms with E-state index in [1.807, 2.05) is 0 Å². The smallest absolute Gasteiger partial charge is 0.276 e. The van der Waals surface area contributed by atoms with Crippen LogP contribution >= 0.6 is 66.7 Å². The second-order valence-electron chi connectivity index (χ2n) is 20.4. The Kier molecular flexibility index (Phi) is 18.1. The number of carbonyl (C=O) groups is 4. The molecule has 10 rings (SSSR count). The molecule has 3 amide bonds. The highest BCUT2D eigenvalue weighted by molar-refractivity contribution is 9.10. The first-order chi connectivity index (χ1) is 34.7. The van der Waals surface area contributed by atoms with E-state index >= 15 is 0 Å². The van der Waals surface area contributed by atoms with Gasteiger partial charge < -0.3 is 32.4 Å². The van der Waals surface area contributed by atoms with E-state index in [0.717, 1.165) is 64.2 Å². The van der Waals surface area contributed by atoms with Crippen LogP contribution < -0.4 is 44.1 Å². The maximum absolute atomic E-state index is 13.3. The van der Waals surface area contributed by atoms with E-state index in [2.05, 4.69) is 114 Å². The molecule has 19 nitrogen and oxygen atoms in total. The molecular formula is C50H59Br2Cl3N12O7. The molecule has 3 aliphatic carbocycles. The lowest BCUT2D eigenvalue weighted by Crippen LogP contribution is -2.58. The fourth-order valence-corrected chi connectivity index (χ4v) is 11.9. The van der Waals surface area contributed by atoms with Gasteiger partial charge in [-0.25, -0.2) is 19.9 Å². The molecule has 0 saturated heterocycles. The zero-order valence-corrected chi connectivity index (χ0v) is 47.2. The fraction of sp³-hybridized carbons (Fsp3) is 0.460. The normalized spacial score (nSPS) is 21.3. The first kappa shape index (κ1) is 57.8. The molecule has 8 N–H and O–H groups in total. The number of ketones is 1. The number of amides is 3. The Morgan fingerprint density at radius 1 is 0.662 bits per heavy atom. The molecule has 3 fully saturated rings. The van der Waals surface area contributed by atoms with Crippen molar-refractivity contribution >= 4 is 107 Å². The highest BCUT2D eigenvalue weighted by Crippen LogP contribution is 2.51. The number of rotatable bonds is 3. The monoisotopic (exact) mass is 1200 g/mol. The molecule has 396 valence electrons. The number of hydrogen-bond acceptors (Lipinski definition) is 13. The van der Waals surface area contributed by atoms with E-state index in [9.17, 15) is 33.6 Å². The summed E-state index contributed by atoms with van der Waals surface area (Å²) in [6, 6.07) is 7.62. The number of aromatic nitrogens is 7. The molecule has 0 aromatic carbocycles. The van der Waals surface area contributed by atoms with Crippen molar-refractivity contribution in [2.75, 3.05) is 11.1 Å². The second-order valence-corrected chi connectivity index (χ2v) is 23.4. The molecule has 5 aliphatic rings. The van der Waals surface area contributed by atoms with Crippen LogP contribution in [0.1, 0.15) is 150 Å². The number of anilines is 3. The summed E-state index contributed by atoms with van der Waals surface area (Å²) in [6.45, 7) is 12.5. The van der Waals surface area contributed by atoms with Crippen LogP contribution in [0.4, 0.5) is 17.3 Å². The van der Waals surface area contributed by atoms with Crippen molar-refractivity contribution in [1.82, 2.24) is 44.7 Å². The Morgan fingerprint density at radius 3 is 1.61 bits per heavy atom. The van der Waals surface area contributed by atoms with Crippen LogP contribution in [-0.4, -0.2) is 57.6 Å². The third kappa shape index (κ3) is 12.0. The lowest BCUT2D eigenvalue weighted by Gasteiger charge is -2.48. The molecule has 3 saturated carbocycles. The lowest BCUT2D eigenvalue weighted by atomic mass is 9.68. The summed E-state index contributed by atoms with van der Waals surface area (Å²) < 4.78 is 3.81. The molecule has 0 bridgehead atoms. The predicted octanol–water partition coefficient (Wildman–Crippen LogP) is 9.40. The van der Waals surface area contributed by atoms with Crippen LogP contribution in [0.3, 0.4) is 0 Å². The van der Waals surface area contributed by atoms with E-state index in [-0.39, 0.29) is 76.5 Å². The second kappa shape index (κ2) is 23.2. The van der Waals surface area contributed by atoms with Crippen molar-refractivity contribution in [2.24, 2.45) is 22.0 Å². The van der Waals surface area contributed by atoms with Gasteiger partial charge >= 0.3 is 0 Å². The maximum atomic E-state index is 13.3. The van der Waals surface area contributed by atoms with Gasteiger partial charge in [0.25, 0.3) is 34.4 Å². The number of primary amides is 1. The van der Waals surface area contributed by atoms with Crippen LogP contribution in [-0.2, 0) is 16.1 Å². The molecule has 2 unspecified atom stereocenters. The fourth-order valence-electron chi connectivity index (χ4n) is 10.1. The number of aromatic amines is 1. The molecule has 2 aliphatic heterocycles. The van der Waals surface area contributed by atoms with Gasteiger partial charge in [-0.05, 0) is 114 Å². The maximum Gasteiger partial charge on any atom is 0.276 e. The van der Waals surface area contributed by atoms with Crippen molar-refractivity contribution < 1.29 is 19.2 Å². The third-order valence-electron chi connectivity index (χ3n) is 14.4. The first-order valence-corrected chi connectivity index (χ1v) is 26.6. The molecule has 7 heterocycles. The standard InChI is InChI=1S/C18H20ClN5O2.C14H16BrClN2O2.C8H14O.C6H4BrClN2O2.C4H5N3/c1-17(2)6-3-4-7-18(17)23-15(25)14-11(19)9-12(16(26)24(14)18)22-13-5-8-20-10-21-13;1-13(2)5-3-4-6-14(13)17-11(19)10-9(16)7-8(15)12(20)18(10)14;1-8(2)6-4-3-5-7(8)9;7-2-1-3(8)4(5(9)11)10-6(2)12;5-4-1-2-6-3-7-4/h5,8-10H,3-4,6-7H2,1-2H3,(H,23,25)(H,20,21,22);7H,3-6H2,1-2H3,(H,17,19);3-6H2,1-2H3;1H,(H2,9,11)(H,10,12);1-3H,(H2,5,6,7). The van der Waals surface area contributed by atoms with E-state index in [0.29, 0.717) is 33.3 Å². The molecule has 5 aromatic heterocycles. The number of nitrogens with one attached hydrogen (secondary N) is 4. The van der Waals surface area contributed by atoms with Crippen LogP contribution in [0.2, 0.25) is 15.1 Å². The molecular weight excluding hydrogens is 1150 g/mol. The topological polar surface area (TPSA) is 285 Å². The summed E-state index contributed by atoms with van der Waals surface area (Å²) in [5.41, 5.74) is 8.05. The average molecular weight is 1210 g/mol. The number of nitrogens with two attached hydrogens (primary N) is 2. The highest BCUT2D eigenvalue weighted by Gasteiger charge is 2.56. The largest absolute Gasteiger partial charge is 0.384 e. The van der Waals surface area contributed by atoms with E-state index in [4.69, 9.17) is 46.3 Å². The zero-order valence-electron chi connectivity index (χ0n) is 41.8. The predicted molar refractivity (Wildman–Crippen MR) is 292 cm³/mol. The molecule has 5 aromatic rings. The summed E-state index contributed by atoms with van der Waals surface area (Å²) in [7, 11) is 0. The van der Waals surface area contributed by atoms with Crippen LogP contribution in [0.25, 0.3) is 0 Å². The lowest BCUT2D eigenvalue weighted by molar-refractivity contribution is -0.129. The van der Waals surface area contributed by atoms with Gasteiger partial charge in [0.1, 0.15) is 64.2 Å². The van der Waals surface area contributed by atoms with Crippen LogP contribution in [0, 0.1) is 16.2 Å². The van der Waals surface area contributed by atoms with Gasteiger partial charge in [0.15, 0.2) is 0 Å². The number of halogens is 5. The minimum atomic E-state index is -0.762. The van der Waals surface area contributed by atoms with Gasteiger partial charge in [-0.15, -0.1) is 0 Å². The summed E-state index contributed by atoms with van der Waals surface area (Å²) in [5, 5.41) is 9.81. The Balaban J connectivity index is 0.000000163. The number of pyridine rings is 3. The van der Waals surface area contributed by atoms with E-state index < -0.39 is 22.8 Å². The van der Waals surface area contributed by atoms with E-state index in [1.54, 1.807) is 33.7 Å². The van der Waals surface area contributed by atoms with Crippen molar-refractivity contribution in [1.29, 1.82) is 0 Å². The summed E-state index contributed by atoms with van der Waals surface area (Å²) in [4.78, 5) is 101. The number of hydrogen-bond donors (Lipinski definition) is 6. The highest BCUT2D eigenvalue weighted by atomic mass is 79.9. The van der Waals surface area contributed by atoms with Crippen molar-refractivity contribution in [3.8, 4) is 0 Å². The van der Waals surface area contributed by atoms with E-state index in [1.165, 1.54) is 37.3 Å². The number of nitrogens with zero attached hydrogens (tertiary/aromatic N) is 6. The first-order valence-electron chi connectivity index (χ1n) is 23.9. The third-order valence-corrected chi connectivity index (χ3v) is 16.4. The zero-order chi connectivity index (χ0) is 54.6. The average Bonchev–Trinajstić information content (AvgIpc) is 3.82. The van der Waals surface area contributed by atoms with Crippen molar-refractivity contribution in [3.05, 3.63) is 128 Å². The molecule has 2 atom stereocenters. The molecule has 0 radical (unpaired) electrons. The summed E-state index contributed by atoms with van der Waals surface area (Å²) >= 11 is 24.4. The van der Waals surface area contributed by atoms with Crippen LogP contribution in [0.5, 0.6) is 0 Å². The number of H-pyrrole nitrogens is 1.